The van der Waals surface area contributed by atoms with E-state index in [2.05, 4.69) is 15.6 Å². The molecule has 3 rings (SSSR count). The number of carbonyl (C=O) groups excluding carboxylic acids is 1. The fourth-order valence-electron chi connectivity index (χ4n) is 1.97. The molecular weight excluding hydrogens is 280 g/mol. The van der Waals surface area contributed by atoms with Crippen LogP contribution in [0.4, 0.5) is 0 Å². The van der Waals surface area contributed by atoms with E-state index >= 15 is 0 Å². The third-order valence-electron chi connectivity index (χ3n) is 3.29. The Morgan fingerprint density at radius 2 is 2.30 bits per heavy atom. The van der Waals surface area contributed by atoms with Crippen molar-refractivity contribution in [3.63, 3.8) is 0 Å². The molecule has 1 aromatic carbocycles. The zero-order valence-corrected chi connectivity index (χ0v) is 11.6. The van der Waals surface area contributed by atoms with E-state index in [-0.39, 0.29) is 11.8 Å². The molecule has 2 heterocycles. The van der Waals surface area contributed by atoms with Gasteiger partial charge in [0.1, 0.15) is 5.75 Å². The maximum Gasteiger partial charge on any atom is 0.215 e. The van der Waals surface area contributed by atoms with E-state index in [1.54, 1.807) is 29.1 Å². The largest absolute Gasteiger partial charge is 0.495 e. The van der Waals surface area contributed by atoms with Gasteiger partial charge in [0, 0.05) is 18.7 Å². The van der Waals surface area contributed by atoms with Gasteiger partial charge in [0.2, 0.25) is 5.78 Å². The zero-order valence-electron chi connectivity index (χ0n) is 10.8. The maximum absolute atomic E-state index is 12.3. The number of hydrogen-bond acceptors (Lipinski definition) is 5. The van der Waals surface area contributed by atoms with Crippen LogP contribution >= 0.6 is 11.6 Å². The highest BCUT2D eigenvalue weighted by Gasteiger charge is 2.22. The van der Waals surface area contributed by atoms with Gasteiger partial charge in [-0.05, 0) is 18.2 Å². The van der Waals surface area contributed by atoms with Crippen molar-refractivity contribution in [1.82, 2.24) is 20.3 Å². The summed E-state index contributed by atoms with van der Waals surface area (Å²) in [4.78, 5) is 12.3. The second-order valence-corrected chi connectivity index (χ2v) is 4.98. The van der Waals surface area contributed by atoms with Gasteiger partial charge in [-0.3, -0.25) is 4.79 Å². The summed E-state index contributed by atoms with van der Waals surface area (Å²) >= 11 is 5.94. The van der Waals surface area contributed by atoms with E-state index < -0.39 is 0 Å². The van der Waals surface area contributed by atoms with Crippen LogP contribution in [-0.4, -0.2) is 41.0 Å². The van der Waals surface area contributed by atoms with Crippen molar-refractivity contribution < 1.29 is 9.53 Å². The standard InChI is InChI=1S/C13H13ClN4O2/c1-20-12-4-8(2-3-10(12)14)13(19)11-7-18(17-16-11)9-5-15-6-9/h2-4,7,9,15H,5-6H2,1H3. The highest BCUT2D eigenvalue weighted by atomic mass is 35.5. The van der Waals surface area contributed by atoms with Crippen molar-refractivity contribution in [2.24, 2.45) is 0 Å². The van der Waals surface area contributed by atoms with Gasteiger partial charge < -0.3 is 10.1 Å². The molecule has 2 aromatic rings. The Kier molecular flexibility index (Phi) is 3.42. The number of halogens is 1. The van der Waals surface area contributed by atoms with Crippen LogP contribution in [0.1, 0.15) is 22.1 Å². The number of hydrogen-bond donors (Lipinski definition) is 1. The molecule has 1 aliphatic rings. The van der Waals surface area contributed by atoms with Crippen LogP contribution in [0, 0.1) is 0 Å². The molecule has 7 heteroatoms. The van der Waals surface area contributed by atoms with Crippen molar-refractivity contribution in [3.8, 4) is 5.75 Å². The fourth-order valence-corrected chi connectivity index (χ4v) is 2.16. The normalized spacial score (nSPS) is 14.9. The number of rotatable bonds is 4. The van der Waals surface area contributed by atoms with Crippen LogP contribution in [-0.2, 0) is 0 Å². The van der Waals surface area contributed by atoms with Gasteiger partial charge in [0.05, 0.1) is 24.4 Å². The molecule has 1 aromatic heterocycles. The summed E-state index contributed by atoms with van der Waals surface area (Å²) in [6.45, 7) is 1.71. The molecule has 0 amide bonds. The highest BCUT2D eigenvalue weighted by Crippen LogP contribution is 2.26. The van der Waals surface area contributed by atoms with Crippen molar-refractivity contribution in [2.75, 3.05) is 20.2 Å². The molecule has 0 saturated carbocycles. The number of ether oxygens (including phenoxy) is 1. The molecule has 0 atom stereocenters. The van der Waals surface area contributed by atoms with E-state index in [0.717, 1.165) is 13.1 Å². The lowest BCUT2D eigenvalue weighted by atomic mass is 10.1. The van der Waals surface area contributed by atoms with Gasteiger partial charge in [-0.1, -0.05) is 16.8 Å². The Bertz CT molecular complexity index is 652. The second-order valence-electron chi connectivity index (χ2n) is 4.57. The van der Waals surface area contributed by atoms with E-state index in [1.165, 1.54) is 7.11 Å². The van der Waals surface area contributed by atoms with Crippen molar-refractivity contribution >= 4 is 17.4 Å². The average molecular weight is 293 g/mol. The zero-order chi connectivity index (χ0) is 14.1. The number of aromatic nitrogens is 3. The van der Waals surface area contributed by atoms with Gasteiger partial charge in [-0.2, -0.15) is 0 Å². The number of benzene rings is 1. The van der Waals surface area contributed by atoms with Crippen LogP contribution in [0.25, 0.3) is 0 Å². The lowest BCUT2D eigenvalue weighted by Gasteiger charge is -2.26. The summed E-state index contributed by atoms with van der Waals surface area (Å²) in [5.41, 5.74) is 0.798. The van der Waals surface area contributed by atoms with E-state index in [0.29, 0.717) is 22.0 Å². The predicted molar refractivity (Wildman–Crippen MR) is 73.4 cm³/mol. The van der Waals surface area contributed by atoms with Gasteiger partial charge in [-0.25, -0.2) is 4.68 Å². The van der Waals surface area contributed by atoms with Crippen LogP contribution < -0.4 is 10.1 Å². The number of ketones is 1. The Hall–Kier alpha value is -1.92. The average Bonchev–Trinajstić information content (AvgIpc) is 2.86. The molecule has 20 heavy (non-hydrogen) atoms. The summed E-state index contributed by atoms with van der Waals surface area (Å²) in [5, 5.41) is 11.5. The molecule has 1 N–H and O–H groups in total. The first-order chi connectivity index (χ1) is 9.69. The fraction of sp³-hybridized carbons (Fsp3) is 0.308. The minimum absolute atomic E-state index is 0.196. The number of nitrogens with one attached hydrogen (secondary N) is 1. The van der Waals surface area contributed by atoms with Gasteiger partial charge in [0.15, 0.2) is 5.69 Å². The van der Waals surface area contributed by atoms with Crippen molar-refractivity contribution in [1.29, 1.82) is 0 Å². The number of nitrogens with zero attached hydrogens (tertiary/aromatic N) is 3. The van der Waals surface area contributed by atoms with Crippen LogP contribution in [0.2, 0.25) is 5.02 Å². The first-order valence-corrected chi connectivity index (χ1v) is 6.57. The Balaban J connectivity index is 1.86. The summed E-state index contributed by atoms with van der Waals surface area (Å²) in [7, 11) is 1.51. The third-order valence-corrected chi connectivity index (χ3v) is 3.60. The molecule has 0 unspecified atom stereocenters. The van der Waals surface area contributed by atoms with Crippen LogP contribution in [0.3, 0.4) is 0 Å². The maximum atomic E-state index is 12.3. The quantitative estimate of drug-likeness (QED) is 0.861. The molecule has 0 bridgehead atoms. The number of carbonyl (C=O) groups is 1. The Morgan fingerprint density at radius 3 is 2.95 bits per heavy atom. The minimum atomic E-state index is -0.196. The van der Waals surface area contributed by atoms with Gasteiger partial charge in [0.25, 0.3) is 0 Å². The molecule has 1 fully saturated rings. The van der Waals surface area contributed by atoms with E-state index in [1.807, 2.05) is 0 Å². The van der Waals surface area contributed by atoms with Crippen molar-refractivity contribution in [2.45, 2.75) is 6.04 Å². The van der Waals surface area contributed by atoms with Gasteiger partial charge >= 0.3 is 0 Å². The van der Waals surface area contributed by atoms with Crippen molar-refractivity contribution in [3.05, 3.63) is 40.7 Å². The molecule has 1 saturated heterocycles. The minimum Gasteiger partial charge on any atom is -0.495 e. The second kappa shape index (κ2) is 5.22. The Labute approximate surface area is 120 Å². The van der Waals surface area contributed by atoms with Gasteiger partial charge in [-0.15, -0.1) is 5.10 Å². The molecule has 0 radical (unpaired) electrons. The lowest BCUT2D eigenvalue weighted by Crippen LogP contribution is -2.43. The molecule has 104 valence electrons. The molecule has 0 spiro atoms. The van der Waals surface area contributed by atoms with E-state index in [4.69, 9.17) is 16.3 Å². The monoisotopic (exact) mass is 292 g/mol. The smallest absolute Gasteiger partial charge is 0.215 e. The van der Waals surface area contributed by atoms with Crippen LogP contribution in [0.15, 0.2) is 24.4 Å². The topological polar surface area (TPSA) is 69.0 Å². The first kappa shape index (κ1) is 13.1. The number of methoxy groups -OCH3 is 1. The summed E-state index contributed by atoms with van der Waals surface area (Å²) < 4.78 is 6.83. The third kappa shape index (κ3) is 2.28. The Morgan fingerprint density at radius 1 is 1.50 bits per heavy atom. The molecule has 0 aliphatic carbocycles. The summed E-state index contributed by atoms with van der Waals surface area (Å²) in [5.74, 6) is 0.270. The molecule has 6 nitrogen and oxygen atoms in total. The van der Waals surface area contributed by atoms with Crippen LogP contribution in [0.5, 0.6) is 5.75 Å². The lowest BCUT2D eigenvalue weighted by molar-refractivity contribution is 0.103. The summed E-state index contributed by atoms with van der Waals surface area (Å²) in [6.07, 6.45) is 1.68. The predicted octanol–water partition coefficient (Wildman–Crippen LogP) is 1.32. The van der Waals surface area contributed by atoms with E-state index in [9.17, 15) is 4.79 Å². The SMILES string of the molecule is COc1cc(C(=O)c2cn(C3CNC3)nn2)ccc1Cl. The molecular formula is C13H13ClN4O2. The molecule has 1 aliphatic heterocycles. The summed E-state index contributed by atoms with van der Waals surface area (Å²) in [6, 6.07) is 5.17. The first-order valence-electron chi connectivity index (χ1n) is 6.20. The highest BCUT2D eigenvalue weighted by molar-refractivity contribution is 6.32.